The van der Waals surface area contributed by atoms with E-state index in [1.165, 1.54) is 11.1 Å². The molecule has 0 heterocycles. The highest BCUT2D eigenvalue weighted by atomic mass is 35.5. The molecule has 3 nitrogen and oxygen atoms in total. The highest BCUT2D eigenvalue weighted by Crippen LogP contribution is 2.32. The van der Waals surface area contributed by atoms with E-state index in [4.69, 9.17) is 16.3 Å². The Morgan fingerprint density at radius 3 is 2.95 bits per heavy atom. The van der Waals surface area contributed by atoms with Crippen LogP contribution in [0.5, 0.6) is 0 Å². The lowest BCUT2D eigenvalue weighted by Crippen LogP contribution is -2.32. The largest absolute Gasteiger partial charge is 0.389 e. The van der Waals surface area contributed by atoms with Gasteiger partial charge in [0, 0.05) is 24.2 Å². The average Bonchev–Trinajstić information content (AvgIpc) is 2.78. The fourth-order valence-electron chi connectivity index (χ4n) is 2.58. The predicted molar refractivity (Wildman–Crippen MR) is 82.2 cm³/mol. The smallest absolute Gasteiger partial charge is 0.0897 e. The van der Waals surface area contributed by atoms with Gasteiger partial charge in [0.05, 0.1) is 12.7 Å². The van der Waals surface area contributed by atoms with Crippen LogP contribution >= 0.6 is 11.6 Å². The van der Waals surface area contributed by atoms with Crippen LogP contribution in [0.1, 0.15) is 37.4 Å². The fourth-order valence-corrected chi connectivity index (χ4v) is 2.77. The van der Waals surface area contributed by atoms with E-state index >= 15 is 0 Å². The second kappa shape index (κ2) is 7.41. The number of hydrogen-bond donors (Lipinski definition) is 2. The van der Waals surface area contributed by atoms with Crippen LogP contribution in [-0.2, 0) is 11.2 Å². The molecule has 20 heavy (non-hydrogen) atoms. The molecule has 0 fully saturated rings. The first-order valence-corrected chi connectivity index (χ1v) is 7.71. The van der Waals surface area contributed by atoms with Crippen molar-refractivity contribution in [1.29, 1.82) is 0 Å². The lowest BCUT2D eigenvalue weighted by molar-refractivity contribution is 0.0250. The second-order valence-electron chi connectivity index (χ2n) is 5.93. The van der Waals surface area contributed by atoms with E-state index in [2.05, 4.69) is 25.2 Å². The minimum absolute atomic E-state index is 0.321. The third-order valence-corrected chi connectivity index (χ3v) is 3.78. The molecule has 0 amide bonds. The van der Waals surface area contributed by atoms with Crippen molar-refractivity contribution >= 4 is 11.6 Å². The number of nitrogens with one attached hydrogen (secondary N) is 1. The van der Waals surface area contributed by atoms with Crippen molar-refractivity contribution in [3.8, 4) is 0 Å². The van der Waals surface area contributed by atoms with E-state index in [1.807, 2.05) is 12.1 Å². The first-order valence-electron chi connectivity index (χ1n) is 7.33. The zero-order valence-electron chi connectivity index (χ0n) is 12.2. The van der Waals surface area contributed by atoms with Crippen molar-refractivity contribution in [2.45, 2.75) is 38.8 Å². The summed E-state index contributed by atoms with van der Waals surface area (Å²) < 4.78 is 5.45. The SMILES string of the molecule is CC(C)COCC(O)CNC1CCc2cc(Cl)ccc21. The molecule has 0 bridgehead atoms. The van der Waals surface area contributed by atoms with E-state index in [0.717, 1.165) is 17.9 Å². The van der Waals surface area contributed by atoms with Gasteiger partial charge < -0.3 is 15.2 Å². The number of rotatable bonds is 7. The number of aliphatic hydroxyl groups excluding tert-OH is 1. The average molecular weight is 298 g/mol. The van der Waals surface area contributed by atoms with Gasteiger partial charge >= 0.3 is 0 Å². The van der Waals surface area contributed by atoms with E-state index in [-0.39, 0.29) is 0 Å². The highest BCUT2D eigenvalue weighted by molar-refractivity contribution is 6.30. The van der Waals surface area contributed by atoms with Crippen LogP contribution < -0.4 is 5.32 Å². The molecule has 1 aliphatic rings. The molecular weight excluding hydrogens is 274 g/mol. The Bertz CT molecular complexity index is 436. The van der Waals surface area contributed by atoms with Gasteiger partial charge in [0.15, 0.2) is 0 Å². The summed E-state index contributed by atoms with van der Waals surface area (Å²) >= 11 is 6.00. The molecule has 0 spiro atoms. The number of benzene rings is 1. The van der Waals surface area contributed by atoms with Crippen LogP contribution in [0, 0.1) is 5.92 Å². The van der Waals surface area contributed by atoms with Crippen molar-refractivity contribution in [2.75, 3.05) is 19.8 Å². The Kier molecular flexibility index (Phi) is 5.85. The molecule has 2 N–H and O–H groups in total. The minimum Gasteiger partial charge on any atom is -0.389 e. The van der Waals surface area contributed by atoms with Gasteiger partial charge in [-0.05, 0) is 42.0 Å². The Hall–Kier alpha value is -0.610. The summed E-state index contributed by atoms with van der Waals surface area (Å²) in [6, 6.07) is 6.38. The van der Waals surface area contributed by atoms with Gasteiger partial charge in [0.2, 0.25) is 0 Å². The third-order valence-electron chi connectivity index (χ3n) is 3.54. The van der Waals surface area contributed by atoms with Gasteiger partial charge in [0.1, 0.15) is 0 Å². The van der Waals surface area contributed by atoms with Crippen LogP contribution in [0.25, 0.3) is 0 Å². The normalized spacial score (nSPS) is 19.4. The number of aliphatic hydroxyl groups is 1. The summed E-state index contributed by atoms with van der Waals surface area (Å²) in [7, 11) is 0. The second-order valence-corrected chi connectivity index (χ2v) is 6.36. The molecule has 2 rings (SSSR count). The molecule has 0 saturated heterocycles. The summed E-state index contributed by atoms with van der Waals surface area (Å²) in [6.45, 7) is 5.86. The van der Waals surface area contributed by atoms with Crippen molar-refractivity contribution < 1.29 is 9.84 Å². The number of halogens is 1. The minimum atomic E-state index is -0.454. The molecular formula is C16H24ClNO2. The molecule has 1 aliphatic carbocycles. The monoisotopic (exact) mass is 297 g/mol. The number of ether oxygens (including phenoxy) is 1. The zero-order valence-corrected chi connectivity index (χ0v) is 13.0. The summed E-state index contributed by atoms with van der Waals surface area (Å²) in [5.41, 5.74) is 2.63. The Balaban J connectivity index is 1.76. The molecule has 0 aromatic heterocycles. The van der Waals surface area contributed by atoms with Crippen LogP contribution in [0.2, 0.25) is 5.02 Å². The maximum absolute atomic E-state index is 9.91. The maximum Gasteiger partial charge on any atom is 0.0897 e. The third kappa shape index (κ3) is 4.45. The molecule has 2 unspecified atom stereocenters. The van der Waals surface area contributed by atoms with Crippen LogP contribution in [0.15, 0.2) is 18.2 Å². The van der Waals surface area contributed by atoms with Crippen molar-refractivity contribution in [3.05, 3.63) is 34.3 Å². The van der Waals surface area contributed by atoms with E-state index < -0.39 is 6.10 Å². The van der Waals surface area contributed by atoms with Gasteiger partial charge in [-0.3, -0.25) is 0 Å². The van der Waals surface area contributed by atoms with Gasteiger partial charge in [0.25, 0.3) is 0 Å². The first kappa shape index (κ1) is 15.8. The lowest BCUT2D eigenvalue weighted by Gasteiger charge is -2.18. The van der Waals surface area contributed by atoms with Gasteiger partial charge in [-0.15, -0.1) is 0 Å². The number of hydrogen-bond acceptors (Lipinski definition) is 3. The van der Waals surface area contributed by atoms with Gasteiger partial charge in [-0.1, -0.05) is 31.5 Å². The van der Waals surface area contributed by atoms with Gasteiger partial charge in [-0.25, -0.2) is 0 Å². The van der Waals surface area contributed by atoms with Crippen molar-refractivity contribution in [3.63, 3.8) is 0 Å². The van der Waals surface area contributed by atoms with Crippen molar-refractivity contribution in [1.82, 2.24) is 5.32 Å². The van der Waals surface area contributed by atoms with Crippen LogP contribution in [-0.4, -0.2) is 31.0 Å². The van der Waals surface area contributed by atoms with Crippen molar-refractivity contribution in [2.24, 2.45) is 5.92 Å². The van der Waals surface area contributed by atoms with E-state index in [0.29, 0.717) is 31.7 Å². The summed E-state index contributed by atoms with van der Waals surface area (Å²) in [5, 5.41) is 14.1. The first-order chi connectivity index (χ1) is 9.56. The van der Waals surface area contributed by atoms with E-state index in [9.17, 15) is 5.11 Å². The van der Waals surface area contributed by atoms with E-state index in [1.54, 1.807) is 0 Å². The molecule has 0 radical (unpaired) electrons. The summed E-state index contributed by atoms with van der Waals surface area (Å²) in [4.78, 5) is 0. The molecule has 0 aliphatic heterocycles. The topological polar surface area (TPSA) is 41.5 Å². The molecule has 112 valence electrons. The standard InChI is InChI=1S/C16H24ClNO2/c1-11(2)9-20-10-14(19)8-18-16-6-3-12-7-13(17)4-5-15(12)16/h4-5,7,11,14,16,18-19H,3,6,8-10H2,1-2H3. The zero-order chi connectivity index (χ0) is 14.5. The predicted octanol–water partition coefficient (Wildman–Crippen LogP) is 2.95. The van der Waals surface area contributed by atoms with Crippen LogP contribution in [0.4, 0.5) is 0 Å². The quantitative estimate of drug-likeness (QED) is 0.813. The molecule has 1 aromatic carbocycles. The Morgan fingerprint density at radius 1 is 1.40 bits per heavy atom. The summed E-state index contributed by atoms with van der Waals surface area (Å²) in [6.07, 6.45) is 1.66. The summed E-state index contributed by atoms with van der Waals surface area (Å²) in [5.74, 6) is 0.501. The molecule has 0 saturated carbocycles. The highest BCUT2D eigenvalue weighted by Gasteiger charge is 2.22. The fraction of sp³-hybridized carbons (Fsp3) is 0.625. The van der Waals surface area contributed by atoms with Crippen LogP contribution in [0.3, 0.4) is 0 Å². The number of aryl methyl sites for hydroxylation is 1. The molecule has 1 aromatic rings. The van der Waals surface area contributed by atoms with Gasteiger partial charge in [-0.2, -0.15) is 0 Å². The molecule has 2 atom stereocenters. The Labute approximate surface area is 126 Å². The molecule has 4 heteroatoms. The lowest BCUT2D eigenvalue weighted by atomic mass is 10.1. The maximum atomic E-state index is 9.91. The Morgan fingerprint density at radius 2 is 2.20 bits per heavy atom. The number of fused-ring (bicyclic) bond motifs is 1.